The second-order valence-corrected chi connectivity index (χ2v) is 4.57. The molecule has 1 aliphatic rings. The van der Waals surface area contributed by atoms with Gasteiger partial charge in [0.1, 0.15) is 5.82 Å². The average molecular weight is 208 g/mol. The Kier molecular flexibility index (Phi) is 3.26. The molecule has 0 atom stereocenters. The van der Waals surface area contributed by atoms with Gasteiger partial charge in [-0.15, -0.1) is 0 Å². The fraction of sp³-hybridized carbons (Fsp3) is 0.727. The Morgan fingerprint density at radius 3 is 2.60 bits per heavy atom. The fourth-order valence-corrected chi connectivity index (χ4v) is 2.29. The standard InChI is InChI=1S/C11H20N4/c1-15(2)10-5-3-9(4-6-10)13-11-7-8-12-14-11/h7-10H,3-6H2,1-2H3,(H2,12,13,14). The van der Waals surface area contributed by atoms with Crippen molar-refractivity contribution in [2.75, 3.05) is 19.4 Å². The Bertz CT molecular complexity index is 273. The minimum atomic E-state index is 0.601. The van der Waals surface area contributed by atoms with E-state index in [1.165, 1.54) is 25.7 Å². The predicted octanol–water partition coefficient (Wildman–Crippen LogP) is 1.69. The van der Waals surface area contributed by atoms with Crippen LogP contribution in [0.3, 0.4) is 0 Å². The second-order valence-electron chi connectivity index (χ2n) is 4.57. The lowest BCUT2D eigenvalue weighted by molar-refractivity contribution is 0.221. The minimum Gasteiger partial charge on any atom is -0.366 e. The van der Waals surface area contributed by atoms with Crippen molar-refractivity contribution in [2.45, 2.75) is 37.8 Å². The summed E-state index contributed by atoms with van der Waals surface area (Å²) in [6, 6.07) is 3.35. The first-order valence-corrected chi connectivity index (χ1v) is 5.68. The first kappa shape index (κ1) is 10.5. The first-order chi connectivity index (χ1) is 7.25. The van der Waals surface area contributed by atoms with Crippen molar-refractivity contribution >= 4 is 5.82 Å². The molecule has 0 aromatic carbocycles. The summed E-state index contributed by atoms with van der Waals surface area (Å²) in [5, 5.41) is 10.4. The summed E-state index contributed by atoms with van der Waals surface area (Å²) >= 11 is 0. The summed E-state index contributed by atoms with van der Waals surface area (Å²) in [4.78, 5) is 2.34. The monoisotopic (exact) mass is 208 g/mol. The molecule has 1 fully saturated rings. The number of H-pyrrole nitrogens is 1. The number of nitrogens with one attached hydrogen (secondary N) is 2. The van der Waals surface area contributed by atoms with Crippen molar-refractivity contribution in [3.8, 4) is 0 Å². The van der Waals surface area contributed by atoms with Crippen LogP contribution < -0.4 is 5.32 Å². The number of aromatic nitrogens is 2. The van der Waals surface area contributed by atoms with Crippen LogP contribution in [0.15, 0.2) is 12.3 Å². The van der Waals surface area contributed by atoms with Gasteiger partial charge in [-0.25, -0.2) is 0 Å². The molecule has 1 aromatic rings. The second kappa shape index (κ2) is 4.66. The van der Waals surface area contributed by atoms with Gasteiger partial charge in [0.15, 0.2) is 0 Å². The molecule has 1 aromatic heterocycles. The third-order valence-corrected chi connectivity index (χ3v) is 3.28. The summed E-state index contributed by atoms with van der Waals surface area (Å²) in [5.41, 5.74) is 0. The van der Waals surface area contributed by atoms with Gasteiger partial charge in [0, 0.05) is 18.3 Å². The SMILES string of the molecule is CN(C)C1CCC(Nc2cc[nH]n2)CC1. The van der Waals surface area contributed by atoms with E-state index in [0.29, 0.717) is 6.04 Å². The molecule has 0 aliphatic heterocycles. The van der Waals surface area contributed by atoms with Gasteiger partial charge in [-0.05, 0) is 45.8 Å². The van der Waals surface area contributed by atoms with Crippen LogP contribution >= 0.6 is 0 Å². The van der Waals surface area contributed by atoms with Crippen molar-refractivity contribution in [2.24, 2.45) is 0 Å². The number of hydrogen-bond donors (Lipinski definition) is 2. The predicted molar refractivity (Wildman–Crippen MR) is 61.9 cm³/mol. The third kappa shape index (κ3) is 2.72. The van der Waals surface area contributed by atoms with Gasteiger partial charge in [0.2, 0.25) is 0 Å². The van der Waals surface area contributed by atoms with Crippen LogP contribution in [0.2, 0.25) is 0 Å². The van der Waals surface area contributed by atoms with Crippen LogP contribution in [-0.2, 0) is 0 Å². The normalized spacial score (nSPS) is 26.9. The van der Waals surface area contributed by atoms with E-state index in [9.17, 15) is 0 Å². The van der Waals surface area contributed by atoms with Crippen LogP contribution in [0.1, 0.15) is 25.7 Å². The Balaban J connectivity index is 1.79. The summed E-state index contributed by atoms with van der Waals surface area (Å²) in [6.45, 7) is 0. The first-order valence-electron chi connectivity index (χ1n) is 5.68. The van der Waals surface area contributed by atoms with Gasteiger partial charge >= 0.3 is 0 Å². The highest BCUT2D eigenvalue weighted by atomic mass is 15.2. The van der Waals surface area contributed by atoms with Gasteiger partial charge in [0.25, 0.3) is 0 Å². The molecule has 1 aliphatic carbocycles. The maximum Gasteiger partial charge on any atom is 0.147 e. The van der Waals surface area contributed by atoms with E-state index in [1.54, 1.807) is 0 Å². The van der Waals surface area contributed by atoms with E-state index in [-0.39, 0.29) is 0 Å². The van der Waals surface area contributed by atoms with Crippen LogP contribution in [0, 0.1) is 0 Å². The average Bonchev–Trinajstić information content (AvgIpc) is 2.71. The van der Waals surface area contributed by atoms with E-state index in [1.807, 2.05) is 12.3 Å². The molecule has 0 saturated heterocycles. The number of hydrogen-bond acceptors (Lipinski definition) is 3. The summed E-state index contributed by atoms with van der Waals surface area (Å²) in [7, 11) is 4.35. The molecule has 0 radical (unpaired) electrons. The molecule has 2 N–H and O–H groups in total. The lowest BCUT2D eigenvalue weighted by Crippen LogP contribution is -2.36. The minimum absolute atomic E-state index is 0.601. The lowest BCUT2D eigenvalue weighted by atomic mass is 9.90. The molecule has 2 rings (SSSR count). The summed E-state index contributed by atoms with van der Waals surface area (Å²) < 4.78 is 0. The van der Waals surface area contributed by atoms with Gasteiger partial charge in [-0.2, -0.15) is 5.10 Å². The van der Waals surface area contributed by atoms with Gasteiger partial charge in [-0.1, -0.05) is 0 Å². The topological polar surface area (TPSA) is 44.0 Å². The van der Waals surface area contributed by atoms with E-state index in [4.69, 9.17) is 0 Å². The molecule has 15 heavy (non-hydrogen) atoms. The summed E-state index contributed by atoms with van der Waals surface area (Å²) in [5.74, 6) is 0.975. The quantitative estimate of drug-likeness (QED) is 0.794. The van der Waals surface area contributed by atoms with E-state index >= 15 is 0 Å². The zero-order valence-electron chi connectivity index (χ0n) is 9.53. The van der Waals surface area contributed by atoms with Crippen LogP contribution in [0.5, 0.6) is 0 Å². The van der Waals surface area contributed by atoms with Gasteiger partial charge in [0.05, 0.1) is 0 Å². The molecule has 0 spiro atoms. The highest BCUT2D eigenvalue weighted by molar-refractivity contribution is 5.33. The van der Waals surface area contributed by atoms with E-state index in [2.05, 4.69) is 34.5 Å². The van der Waals surface area contributed by atoms with Crippen molar-refractivity contribution in [1.82, 2.24) is 15.1 Å². The van der Waals surface area contributed by atoms with Crippen LogP contribution in [0.4, 0.5) is 5.82 Å². The number of aromatic amines is 1. The molecular weight excluding hydrogens is 188 g/mol. The number of nitrogens with zero attached hydrogens (tertiary/aromatic N) is 2. The maximum atomic E-state index is 4.12. The Hall–Kier alpha value is -1.03. The Morgan fingerprint density at radius 2 is 2.07 bits per heavy atom. The molecule has 84 valence electrons. The molecule has 0 amide bonds. The zero-order valence-corrected chi connectivity index (χ0v) is 9.53. The number of rotatable bonds is 3. The Labute approximate surface area is 91.1 Å². The largest absolute Gasteiger partial charge is 0.366 e. The lowest BCUT2D eigenvalue weighted by Gasteiger charge is -2.32. The van der Waals surface area contributed by atoms with Gasteiger partial charge < -0.3 is 10.2 Å². The highest BCUT2D eigenvalue weighted by Gasteiger charge is 2.22. The molecule has 4 nitrogen and oxygen atoms in total. The molecule has 0 bridgehead atoms. The maximum absolute atomic E-state index is 4.12. The Morgan fingerprint density at radius 1 is 1.33 bits per heavy atom. The smallest absolute Gasteiger partial charge is 0.147 e. The van der Waals surface area contributed by atoms with Crippen LogP contribution in [0.25, 0.3) is 0 Å². The molecule has 1 heterocycles. The molecule has 0 unspecified atom stereocenters. The summed E-state index contributed by atoms with van der Waals surface area (Å²) in [6.07, 6.45) is 6.92. The number of anilines is 1. The zero-order chi connectivity index (χ0) is 10.7. The fourth-order valence-electron chi connectivity index (χ4n) is 2.29. The molecule has 4 heteroatoms. The highest BCUT2D eigenvalue weighted by Crippen LogP contribution is 2.23. The third-order valence-electron chi connectivity index (χ3n) is 3.28. The van der Waals surface area contributed by atoms with Crippen LogP contribution in [-0.4, -0.2) is 41.3 Å². The van der Waals surface area contributed by atoms with E-state index < -0.39 is 0 Å². The molecular formula is C11H20N4. The van der Waals surface area contributed by atoms with Crippen molar-refractivity contribution in [3.05, 3.63) is 12.3 Å². The van der Waals surface area contributed by atoms with Crippen molar-refractivity contribution in [3.63, 3.8) is 0 Å². The molecule has 1 saturated carbocycles. The van der Waals surface area contributed by atoms with E-state index in [0.717, 1.165) is 11.9 Å². The van der Waals surface area contributed by atoms with Gasteiger partial charge in [-0.3, -0.25) is 5.10 Å². The van der Waals surface area contributed by atoms with Crippen molar-refractivity contribution < 1.29 is 0 Å². The van der Waals surface area contributed by atoms with Crippen molar-refractivity contribution in [1.29, 1.82) is 0 Å².